The number of aliphatic hydroxyl groups excluding tert-OH is 1. The number of piperazine rings is 1. The predicted octanol–water partition coefficient (Wildman–Crippen LogP) is 4.12. The van der Waals surface area contributed by atoms with Crippen LogP contribution in [0.5, 0.6) is 0 Å². The number of hydrogen-bond donors (Lipinski definition) is 1. The summed E-state index contributed by atoms with van der Waals surface area (Å²) in [5.74, 6) is 2.67. The second-order valence-corrected chi connectivity index (χ2v) is 10.7. The summed E-state index contributed by atoms with van der Waals surface area (Å²) < 4.78 is 6.46. The van der Waals surface area contributed by atoms with Crippen molar-refractivity contribution >= 4 is 17.3 Å². The Hall–Kier alpha value is -0.810. The summed E-state index contributed by atoms with van der Waals surface area (Å²) in [5, 5.41) is 11.5. The molecule has 0 spiro atoms. The second-order valence-electron chi connectivity index (χ2n) is 10.3. The molecule has 29 heavy (non-hydrogen) atoms. The fraction of sp³-hybridized carbons (Fsp3) is 0.750. The number of halogens is 1. The number of β-amino-alcohol motifs (C(OH)–C–C–N with tert-alkyl or cyclic N) is 1. The number of nitrogens with zero attached hydrogens (tertiary/aromatic N) is 2. The first-order valence-electron chi connectivity index (χ1n) is 11.5. The maximum atomic E-state index is 10.7. The van der Waals surface area contributed by atoms with Crippen LogP contribution in [0.3, 0.4) is 0 Å². The lowest BCUT2D eigenvalue weighted by molar-refractivity contribution is -0.176. The van der Waals surface area contributed by atoms with E-state index >= 15 is 0 Å². The van der Waals surface area contributed by atoms with Crippen molar-refractivity contribution in [3.05, 3.63) is 28.8 Å². The summed E-state index contributed by atoms with van der Waals surface area (Å²) in [5.41, 5.74) is 2.60. The topological polar surface area (TPSA) is 35.9 Å². The van der Waals surface area contributed by atoms with Crippen LogP contribution in [0.15, 0.2) is 18.2 Å². The lowest BCUT2D eigenvalue weighted by Crippen LogP contribution is -2.53. The molecule has 4 bridgehead atoms. The van der Waals surface area contributed by atoms with E-state index in [-0.39, 0.29) is 11.7 Å². The molecule has 4 nitrogen and oxygen atoms in total. The van der Waals surface area contributed by atoms with E-state index in [1.165, 1.54) is 49.8 Å². The molecule has 4 aliphatic carbocycles. The Balaban J connectivity index is 1.09. The zero-order chi connectivity index (χ0) is 20.0. The minimum atomic E-state index is -0.387. The average molecular weight is 419 g/mol. The van der Waals surface area contributed by atoms with E-state index in [2.05, 4.69) is 28.9 Å². The van der Waals surface area contributed by atoms with E-state index in [9.17, 15) is 5.11 Å². The molecule has 1 N–H and O–H groups in total. The van der Waals surface area contributed by atoms with Crippen LogP contribution < -0.4 is 4.90 Å². The van der Waals surface area contributed by atoms with Crippen LogP contribution in [0.25, 0.3) is 0 Å². The summed E-state index contributed by atoms with van der Waals surface area (Å²) in [7, 11) is 0. The Morgan fingerprint density at radius 2 is 1.69 bits per heavy atom. The van der Waals surface area contributed by atoms with Crippen LogP contribution in [0.4, 0.5) is 5.69 Å². The number of rotatable bonds is 6. The van der Waals surface area contributed by atoms with Crippen LogP contribution in [0, 0.1) is 24.7 Å². The summed E-state index contributed by atoms with van der Waals surface area (Å²) >= 11 is 6.20. The Bertz CT molecular complexity index is 696. The first-order valence-corrected chi connectivity index (χ1v) is 11.9. The highest BCUT2D eigenvalue weighted by molar-refractivity contribution is 6.30. The van der Waals surface area contributed by atoms with Crippen molar-refractivity contribution < 1.29 is 9.84 Å². The first-order chi connectivity index (χ1) is 14.0. The van der Waals surface area contributed by atoms with Crippen molar-refractivity contribution in [1.29, 1.82) is 0 Å². The van der Waals surface area contributed by atoms with Crippen LogP contribution in [-0.4, -0.2) is 61.0 Å². The van der Waals surface area contributed by atoms with Gasteiger partial charge in [0.1, 0.15) is 0 Å². The summed E-state index contributed by atoms with van der Waals surface area (Å²) in [6.07, 6.45) is 7.63. The Kier molecular flexibility index (Phi) is 5.57. The molecule has 1 atom stereocenters. The largest absolute Gasteiger partial charge is 0.389 e. The molecule has 0 aromatic heterocycles. The minimum Gasteiger partial charge on any atom is -0.389 e. The highest BCUT2D eigenvalue weighted by Gasteiger charge is 2.51. The molecule has 1 aromatic rings. The Morgan fingerprint density at radius 1 is 1.07 bits per heavy atom. The van der Waals surface area contributed by atoms with Gasteiger partial charge in [-0.3, -0.25) is 4.90 Å². The number of anilines is 1. The SMILES string of the molecule is Cc1ccc(Cl)cc1N1CCN(C[C@@H](O)COC23CC4CC(CC(C4)C2)C3)CC1. The highest BCUT2D eigenvalue weighted by atomic mass is 35.5. The molecule has 5 aliphatic rings. The maximum Gasteiger partial charge on any atom is 0.0900 e. The van der Waals surface area contributed by atoms with Gasteiger partial charge in [0.15, 0.2) is 0 Å². The van der Waals surface area contributed by atoms with Crippen molar-refractivity contribution in [2.24, 2.45) is 17.8 Å². The van der Waals surface area contributed by atoms with Crippen molar-refractivity contribution in [3.8, 4) is 0 Å². The van der Waals surface area contributed by atoms with Gasteiger partial charge >= 0.3 is 0 Å². The molecule has 5 heteroatoms. The third-order valence-electron chi connectivity index (χ3n) is 7.92. The van der Waals surface area contributed by atoms with Crippen molar-refractivity contribution in [2.75, 3.05) is 44.2 Å². The molecule has 160 valence electrons. The fourth-order valence-electron chi connectivity index (χ4n) is 6.93. The van der Waals surface area contributed by atoms with Crippen molar-refractivity contribution in [1.82, 2.24) is 4.90 Å². The van der Waals surface area contributed by atoms with Crippen LogP contribution in [-0.2, 0) is 4.74 Å². The predicted molar refractivity (Wildman–Crippen MR) is 118 cm³/mol. The first kappa shape index (κ1) is 20.1. The zero-order valence-corrected chi connectivity index (χ0v) is 18.4. The van der Waals surface area contributed by atoms with Crippen molar-refractivity contribution in [2.45, 2.75) is 57.2 Å². The molecule has 5 fully saturated rings. The van der Waals surface area contributed by atoms with E-state index < -0.39 is 0 Å². The molecule has 1 saturated heterocycles. The van der Waals surface area contributed by atoms with Gasteiger partial charge in [-0.05, 0) is 80.9 Å². The Labute approximate surface area is 180 Å². The van der Waals surface area contributed by atoms with Gasteiger partial charge in [0.2, 0.25) is 0 Å². The fourth-order valence-corrected chi connectivity index (χ4v) is 7.09. The minimum absolute atomic E-state index is 0.0958. The number of aliphatic hydroxyl groups is 1. The maximum absolute atomic E-state index is 10.7. The standard InChI is InChI=1S/C24H35ClN2O2/c1-17-2-3-21(25)11-23(17)27-6-4-26(5-7-27)15-22(28)16-29-24-12-18-8-19(13-24)10-20(9-18)14-24/h2-3,11,18-20,22,28H,4-10,12-16H2,1H3/t18?,19?,20?,22-,24?/m1/s1. The van der Waals surface area contributed by atoms with E-state index in [4.69, 9.17) is 16.3 Å². The van der Waals surface area contributed by atoms with Gasteiger partial charge in [-0.15, -0.1) is 0 Å². The molecule has 0 amide bonds. The van der Waals surface area contributed by atoms with Crippen LogP contribution in [0.2, 0.25) is 5.02 Å². The smallest absolute Gasteiger partial charge is 0.0900 e. The van der Waals surface area contributed by atoms with Gasteiger partial charge in [0.25, 0.3) is 0 Å². The second kappa shape index (κ2) is 8.03. The summed E-state index contributed by atoms with van der Waals surface area (Å²) in [6.45, 7) is 7.26. The molecule has 1 heterocycles. The summed E-state index contributed by atoms with van der Waals surface area (Å²) in [6, 6.07) is 6.12. The summed E-state index contributed by atoms with van der Waals surface area (Å²) in [4.78, 5) is 4.79. The van der Waals surface area contributed by atoms with E-state index in [1.807, 2.05) is 6.07 Å². The molecular weight excluding hydrogens is 384 g/mol. The number of hydrogen-bond acceptors (Lipinski definition) is 4. The number of ether oxygens (including phenoxy) is 1. The molecule has 6 rings (SSSR count). The van der Waals surface area contributed by atoms with Gasteiger partial charge < -0.3 is 14.7 Å². The molecule has 0 unspecified atom stereocenters. The van der Waals surface area contributed by atoms with Gasteiger partial charge in [-0.25, -0.2) is 0 Å². The lowest BCUT2D eigenvalue weighted by Gasteiger charge is -2.56. The lowest BCUT2D eigenvalue weighted by atomic mass is 9.54. The quantitative estimate of drug-likeness (QED) is 0.753. The molecule has 1 aromatic carbocycles. The van der Waals surface area contributed by atoms with Gasteiger partial charge in [-0.1, -0.05) is 17.7 Å². The van der Waals surface area contributed by atoms with E-state index in [1.54, 1.807) is 0 Å². The average Bonchev–Trinajstić information content (AvgIpc) is 2.68. The Morgan fingerprint density at radius 3 is 2.31 bits per heavy atom. The van der Waals surface area contributed by atoms with Crippen LogP contribution >= 0.6 is 11.6 Å². The van der Waals surface area contributed by atoms with E-state index in [0.717, 1.165) is 49.0 Å². The highest BCUT2D eigenvalue weighted by Crippen LogP contribution is 2.57. The number of aryl methyl sites for hydroxylation is 1. The van der Waals surface area contributed by atoms with Crippen LogP contribution in [0.1, 0.15) is 44.1 Å². The zero-order valence-electron chi connectivity index (χ0n) is 17.7. The van der Waals surface area contributed by atoms with Crippen molar-refractivity contribution in [3.63, 3.8) is 0 Å². The van der Waals surface area contributed by atoms with E-state index in [0.29, 0.717) is 13.2 Å². The molecule has 1 aliphatic heterocycles. The van der Waals surface area contributed by atoms with Gasteiger partial charge in [0, 0.05) is 43.4 Å². The third kappa shape index (κ3) is 4.32. The monoisotopic (exact) mass is 418 g/mol. The third-order valence-corrected chi connectivity index (χ3v) is 8.15. The number of benzene rings is 1. The molecule has 0 radical (unpaired) electrons. The molecular formula is C24H35ClN2O2. The molecule has 4 saturated carbocycles. The normalized spacial score (nSPS) is 35.3. The van der Waals surface area contributed by atoms with Gasteiger partial charge in [-0.2, -0.15) is 0 Å². The van der Waals surface area contributed by atoms with Gasteiger partial charge in [0.05, 0.1) is 18.3 Å².